The average Bonchev–Trinajstić information content (AvgIpc) is 1.96. The first-order chi connectivity index (χ1) is 5.48. The Labute approximate surface area is 70.1 Å². The number of ether oxygens (including phenoxy) is 1. The van der Waals surface area contributed by atoms with Crippen molar-refractivity contribution in [3.05, 3.63) is 0 Å². The first-order valence-corrected chi connectivity index (χ1v) is 3.81. The second kappa shape index (κ2) is 5.37. The van der Waals surface area contributed by atoms with E-state index in [0.29, 0.717) is 13.0 Å². The number of hydrogen-bond donors (Lipinski definition) is 1. The van der Waals surface area contributed by atoms with Crippen LogP contribution >= 0.6 is 0 Å². The highest BCUT2D eigenvalue weighted by Crippen LogP contribution is 2.22. The van der Waals surface area contributed by atoms with E-state index in [4.69, 9.17) is 0 Å². The lowest BCUT2D eigenvalue weighted by Gasteiger charge is -2.15. The van der Waals surface area contributed by atoms with Crippen LogP contribution in [0.5, 0.6) is 0 Å². The predicted molar refractivity (Wildman–Crippen MR) is 40.0 cm³/mol. The van der Waals surface area contributed by atoms with Gasteiger partial charge < -0.3 is 10.1 Å². The van der Waals surface area contributed by atoms with Crippen molar-refractivity contribution in [3.8, 4) is 0 Å². The standard InChI is InChI=1S/C7H14F3NO/c1-6(7(8,9)10)12-5-3-4-11-2/h6,11H,3-5H2,1-2H3. The van der Waals surface area contributed by atoms with E-state index >= 15 is 0 Å². The van der Waals surface area contributed by atoms with Crippen LogP contribution in [0.4, 0.5) is 13.2 Å². The van der Waals surface area contributed by atoms with Crippen molar-refractivity contribution in [2.24, 2.45) is 0 Å². The van der Waals surface area contributed by atoms with Gasteiger partial charge in [0.1, 0.15) is 0 Å². The molecule has 0 saturated heterocycles. The summed E-state index contributed by atoms with van der Waals surface area (Å²) >= 11 is 0. The van der Waals surface area contributed by atoms with E-state index < -0.39 is 12.3 Å². The fraction of sp³-hybridized carbons (Fsp3) is 1.00. The number of rotatable bonds is 5. The van der Waals surface area contributed by atoms with Crippen LogP contribution in [0.2, 0.25) is 0 Å². The molecule has 0 aliphatic rings. The zero-order valence-electron chi connectivity index (χ0n) is 7.24. The maximum atomic E-state index is 11.8. The first kappa shape index (κ1) is 11.7. The molecule has 2 nitrogen and oxygen atoms in total. The lowest BCUT2D eigenvalue weighted by Crippen LogP contribution is -2.29. The molecule has 0 aromatic heterocycles. The van der Waals surface area contributed by atoms with Crippen LogP contribution in [0.1, 0.15) is 13.3 Å². The highest BCUT2D eigenvalue weighted by atomic mass is 19.4. The molecular formula is C7H14F3NO. The normalized spacial score (nSPS) is 14.8. The molecule has 0 radical (unpaired) electrons. The molecule has 0 rings (SSSR count). The third kappa shape index (κ3) is 5.37. The Bertz CT molecular complexity index is 116. The van der Waals surface area contributed by atoms with Gasteiger partial charge in [0.05, 0.1) is 0 Å². The predicted octanol–water partition coefficient (Wildman–Crippen LogP) is 1.56. The van der Waals surface area contributed by atoms with E-state index in [1.807, 2.05) is 0 Å². The first-order valence-electron chi connectivity index (χ1n) is 3.81. The van der Waals surface area contributed by atoms with Crippen molar-refractivity contribution in [1.82, 2.24) is 5.32 Å². The van der Waals surface area contributed by atoms with Gasteiger partial charge in [-0.2, -0.15) is 13.2 Å². The van der Waals surface area contributed by atoms with Crippen molar-refractivity contribution in [2.45, 2.75) is 25.6 Å². The van der Waals surface area contributed by atoms with Gasteiger partial charge in [0.2, 0.25) is 0 Å². The molecule has 0 aliphatic carbocycles. The van der Waals surface area contributed by atoms with Crippen LogP contribution in [0.3, 0.4) is 0 Å². The van der Waals surface area contributed by atoms with Gasteiger partial charge in [-0.1, -0.05) is 0 Å². The summed E-state index contributed by atoms with van der Waals surface area (Å²) in [6, 6.07) is 0. The number of nitrogens with one attached hydrogen (secondary N) is 1. The topological polar surface area (TPSA) is 21.3 Å². The Balaban J connectivity index is 3.38. The zero-order valence-corrected chi connectivity index (χ0v) is 7.24. The summed E-state index contributed by atoms with van der Waals surface area (Å²) in [5.74, 6) is 0. The molecule has 0 fully saturated rings. The highest BCUT2D eigenvalue weighted by Gasteiger charge is 2.36. The zero-order chi connectivity index (χ0) is 9.61. The summed E-state index contributed by atoms with van der Waals surface area (Å²) in [5.41, 5.74) is 0. The molecule has 0 saturated carbocycles. The third-order valence-electron chi connectivity index (χ3n) is 1.40. The monoisotopic (exact) mass is 185 g/mol. The summed E-state index contributed by atoms with van der Waals surface area (Å²) in [6.07, 6.45) is -5.30. The SMILES string of the molecule is CNCCCOC(C)C(F)(F)F. The molecule has 1 atom stereocenters. The van der Waals surface area contributed by atoms with Crippen LogP contribution in [-0.4, -0.2) is 32.5 Å². The van der Waals surface area contributed by atoms with E-state index in [0.717, 1.165) is 6.92 Å². The maximum absolute atomic E-state index is 11.8. The Morgan fingerprint density at radius 2 is 2.00 bits per heavy atom. The third-order valence-corrected chi connectivity index (χ3v) is 1.40. The van der Waals surface area contributed by atoms with Crippen molar-refractivity contribution in [3.63, 3.8) is 0 Å². The number of hydrogen-bond acceptors (Lipinski definition) is 2. The van der Waals surface area contributed by atoms with Crippen molar-refractivity contribution >= 4 is 0 Å². The van der Waals surface area contributed by atoms with E-state index in [1.165, 1.54) is 0 Å². The van der Waals surface area contributed by atoms with Crippen LogP contribution in [0.25, 0.3) is 0 Å². The molecule has 5 heteroatoms. The highest BCUT2D eigenvalue weighted by molar-refractivity contribution is 4.60. The molecule has 0 spiro atoms. The van der Waals surface area contributed by atoms with Gasteiger partial charge in [0.15, 0.2) is 6.10 Å². The van der Waals surface area contributed by atoms with E-state index in [1.54, 1.807) is 7.05 Å². The molecule has 0 amide bonds. The van der Waals surface area contributed by atoms with Crippen LogP contribution in [0.15, 0.2) is 0 Å². The summed E-state index contributed by atoms with van der Waals surface area (Å²) in [7, 11) is 1.74. The van der Waals surface area contributed by atoms with Crippen LogP contribution < -0.4 is 5.32 Å². The molecule has 12 heavy (non-hydrogen) atoms. The van der Waals surface area contributed by atoms with E-state index in [9.17, 15) is 13.2 Å². The Morgan fingerprint density at radius 3 is 2.42 bits per heavy atom. The van der Waals surface area contributed by atoms with Gasteiger partial charge in [-0.05, 0) is 26.9 Å². The molecular weight excluding hydrogens is 171 g/mol. The Morgan fingerprint density at radius 1 is 1.42 bits per heavy atom. The Kier molecular flexibility index (Phi) is 5.24. The molecule has 0 bridgehead atoms. The maximum Gasteiger partial charge on any atom is 0.414 e. The van der Waals surface area contributed by atoms with Crippen molar-refractivity contribution < 1.29 is 17.9 Å². The smallest absolute Gasteiger partial charge is 0.369 e. The molecule has 0 aromatic rings. The Hall–Kier alpha value is -0.290. The fourth-order valence-electron chi connectivity index (χ4n) is 0.604. The van der Waals surface area contributed by atoms with Gasteiger partial charge in [-0.3, -0.25) is 0 Å². The van der Waals surface area contributed by atoms with Gasteiger partial charge in [0, 0.05) is 6.61 Å². The van der Waals surface area contributed by atoms with Gasteiger partial charge >= 0.3 is 6.18 Å². The molecule has 1 N–H and O–H groups in total. The molecule has 1 unspecified atom stereocenters. The van der Waals surface area contributed by atoms with Gasteiger partial charge in [-0.15, -0.1) is 0 Å². The minimum atomic E-state index is -4.24. The van der Waals surface area contributed by atoms with E-state index in [-0.39, 0.29) is 6.61 Å². The second-order valence-corrected chi connectivity index (χ2v) is 2.51. The summed E-state index contributed by atoms with van der Waals surface area (Å²) in [5, 5.41) is 2.82. The number of halogens is 3. The summed E-state index contributed by atoms with van der Waals surface area (Å²) in [6.45, 7) is 1.82. The lowest BCUT2D eigenvalue weighted by atomic mass is 10.4. The summed E-state index contributed by atoms with van der Waals surface area (Å²) < 4.78 is 40.0. The molecule has 0 aliphatic heterocycles. The number of alkyl halides is 3. The van der Waals surface area contributed by atoms with Gasteiger partial charge in [0.25, 0.3) is 0 Å². The second-order valence-electron chi connectivity index (χ2n) is 2.51. The molecule has 0 aromatic carbocycles. The lowest BCUT2D eigenvalue weighted by molar-refractivity contribution is -0.214. The van der Waals surface area contributed by atoms with Gasteiger partial charge in [-0.25, -0.2) is 0 Å². The molecule has 74 valence electrons. The summed E-state index contributed by atoms with van der Waals surface area (Å²) in [4.78, 5) is 0. The van der Waals surface area contributed by atoms with Crippen LogP contribution in [-0.2, 0) is 4.74 Å². The fourth-order valence-corrected chi connectivity index (χ4v) is 0.604. The van der Waals surface area contributed by atoms with Crippen LogP contribution in [0, 0.1) is 0 Å². The average molecular weight is 185 g/mol. The van der Waals surface area contributed by atoms with Crippen molar-refractivity contribution in [1.29, 1.82) is 0 Å². The molecule has 0 heterocycles. The van der Waals surface area contributed by atoms with Crippen molar-refractivity contribution in [2.75, 3.05) is 20.2 Å². The minimum absolute atomic E-state index is 0.140. The van der Waals surface area contributed by atoms with E-state index in [2.05, 4.69) is 10.1 Å². The minimum Gasteiger partial charge on any atom is -0.369 e. The quantitative estimate of drug-likeness (QED) is 0.656. The largest absolute Gasteiger partial charge is 0.414 e.